The van der Waals surface area contributed by atoms with E-state index in [9.17, 15) is 4.79 Å². The third-order valence-electron chi connectivity index (χ3n) is 3.02. The predicted octanol–water partition coefficient (Wildman–Crippen LogP) is 1.85. The van der Waals surface area contributed by atoms with E-state index < -0.39 is 5.41 Å². The Labute approximate surface area is 111 Å². The molecule has 94 valence electrons. The second kappa shape index (κ2) is 6.07. The van der Waals surface area contributed by atoms with Crippen LogP contribution in [-0.4, -0.2) is 15.9 Å². The van der Waals surface area contributed by atoms with Crippen LogP contribution in [0.15, 0.2) is 11.7 Å². The van der Waals surface area contributed by atoms with Crippen LogP contribution in [0.1, 0.15) is 31.6 Å². The van der Waals surface area contributed by atoms with Crippen LogP contribution in [0.3, 0.4) is 0 Å². The molecule has 3 N–H and O–H groups in total. The maximum absolute atomic E-state index is 12.2. The summed E-state index contributed by atoms with van der Waals surface area (Å²) in [5.41, 5.74) is 6.72. The van der Waals surface area contributed by atoms with Crippen molar-refractivity contribution in [2.24, 2.45) is 11.1 Å². The van der Waals surface area contributed by atoms with Gasteiger partial charge in [0.1, 0.15) is 0 Å². The molecular weight excluding hydrogens is 254 g/mol. The van der Waals surface area contributed by atoms with Crippen molar-refractivity contribution in [3.63, 3.8) is 0 Å². The summed E-state index contributed by atoms with van der Waals surface area (Å²) in [4.78, 5) is 17.4. The van der Waals surface area contributed by atoms with Crippen LogP contribution in [0.2, 0.25) is 0 Å². The van der Waals surface area contributed by atoms with Crippen molar-refractivity contribution in [3.8, 4) is 0 Å². The summed E-state index contributed by atoms with van der Waals surface area (Å²) in [6.45, 7) is 4.33. The molecule has 0 aliphatic carbocycles. The molecule has 0 atom stereocenters. The molecule has 0 aromatic carbocycles. The molecular formula is C11H17N3OS2. The number of aromatic nitrogens is 1. The van der Waals surface area contributed by atoms with Crippen molar-refractivity contribution in [1.82, 2.24) is 10.3 Å². The number of thiocarbonyl (C=S) groups is 1. The van der Waals surface area contributed by atoms with Gasteiger partial charge in [-0.15, -0.1) is 11.3 Å². The van der Waals surface area contributed by atoms with Gasteiger partial charge >= 0.3 is 0 Å². The third kappa shape index (κ3) is 3.01. The lowest BCUT2D eigenvalue weighted by Crippen LogP contribution is -2.48. The maximum atomic E-state index is 12.2. The SMILES string of the molecule is CCC(CC)(C(=O)NCc1cncs1)C(N)=S. The summed E-state index contributed by atoms with van der Waals surface area (Å²) in [6.07, 6.45) is 2.98. The van der Waals surface area contributed by atoms with Crippen molar-refractivity contribution in [2.45, 2.75) is 33.2 Å². The fraction of sp³-hybridized carbons (Fsp3) is 0.545. The van der Waals surface area contributed by atoms with Crippen LogP contribution in [0.4, 0.5) is 0 Å². The molecule has 6 heteroatoms. The van der Waals surface area contributed by atoms with Crippen LogP contribution in [0, 0.1) is 5.41 Å². The number of nitrogens with one attached hydrogen (secondary N) is 1. The number of rotatable bonds is 6. The van der Waals surface area contributed by atoms with Gasteiger partial charge in [0.2, 0.25) is 5.91 Å². The molecule has 0 saturated heterocycles. The molecule has 4 nitrogen and oxygen atoms in total. The highest BCUT2D eigenvalue weighted by Crippen LogP contribution is 2.27. The first kappa shape index (κ1) is 14.1. The van der Waals surface area contributed by atoms with E-state index in [1.54, 1.807) is 11.7 Å². The highest BCUT2D eigenvalue weighted by Gasteiger charge is 2.37. The normalized spacial score (nSPS) is 11.2. The fourth-order valence-corrected chi connectivity index (χ4v) is 2.61. The van der Waals surface area contributed by atoms with Crippen LogP contribution in [0.5, 0.6) is 0 Å². The van der Waals surface area contributed by atoms with Crippen molar-refractivity contribution < 1.29 is 4.79 Å². The molecule has 0 bridgehead atoms. The summed E-state index contributed by atoms with van der Waals surface area (Å²) >= 11 is 6.53. The van der Waals surface area contributed by atoms with E-state index in [2.05, 4.69) is 10.3 Å². The van der Waals surface area contributed by atoms with Gasteiger partial charge in [0.15, 0.2) is 0 Å². The fourth-order valence-electron chi connectivity index (χ4n) is 1.70. The Morgan fingerprint density at radius 3 is 2.65 bits per heavy atom. The van der Waals surface area contributed by atoms with Gasteiger partial charge in [-0.05, 0) is 12.8 Å². The summed E-state index contributed by atoms with van der Waals surface area (Å²) in [5, 5.41) is 2.87. The lowest BCUT2D eigenvalue weighted by Gasteiger charge is -2.28. The van der Waals surface area contributed by atoms with Crippen molar-refractivity contribution >= 4 is 34.5 Å². The Bertz CT molecular complexity index is 385. The number of nitrogens with two attached hydrogens (primary N) is 1. The molecule has 1 heterocycles. The number of carbonyl (C=O) groups excluding carboxylic acids is 1. The minimum Gasteiger partial charge on any atom is -0.392 e. The average molecular weight is 271 g/mol. The van der Waals surface area contributed by atoms with Gasteiger partial charge in [-0.2, -0.15) is 0 Å². The van der Waals surface area contributed by atoms with Crippen LogP contribution >= 0.6 is 23.6 Å². The van der Waals surface area contributed by atoms with Crippen molar-refractivity contribution in [1.29, 1.82) is 0 Å². The number of nitrogens with zero attached hydrogens (tertiary/aromatic N) is 1. The zero-order valence-corrected chi connectivity index (χ0v) is 11.7. The van der Waals surface area contributed by atoms with E-state index in [1.807, 2.05) is 13.8 Å². The first-order chi connectivity index (χ1) is 8.06. The van der Waals surface area contributed by atoms with Crippen LogP contribution in [-0.2, 0) is 11.3 Å². The summed E-state index contributed by atoms with van der Waals surface area (Å²) < 4.78 is 0. The van der Waals surface area contributed by atoms with E-state index in [0.29, 0.717) is 19.4 Å². The Balaban J connectivity index is 2.69. The topological polar surface area (TPSA) is 68.0 Å². The van der Waals surface area contributed by atoms with E-state index in [0.717, 1.165) is 4.88 Å². The van der Waals surface area contributed by atoms with E-state index in [4.69, 9.17) is 18.0 Å². The lowest BCUT2D eigenvalue weighted by molar-refractivity contribution is -0.128. The summed E-state index contributed by atoms with van der Waals surface area (Å²) in [5.74, 6) is -0.0941. The molecule has 0 unspecified atom stereocenters. The molecule has 17 heavy (non-hydrogen) atoms. The van der Waals surface area contributed by atoms with Crippen molar-refractivity contribution in [3.05, 3.63) is 16.6 Å². The van der Waals surface area contributed by atoms with E-state index in [1.165, 1.54) is 11.3 Å². The summed E-state index contributed by atoms with van der Waals surface area (Å²) in [6, 6.07) is 0. The molecule has 1 aromatic rings. The average Bonchev–Trinajstić information content (AvgIpc) is 2.81. The predicted molar refractivity (Wildman–Crippen MR) is 73.8 cm³/mol. The van der Waals surface area contributed by atoms with Gasteiger partial charge in [0.25, 0.3) is 0 Å². The minimum absolute atomic E-state index is 0.0941. The zero-order chi connectivity index (χ0) is 12.9. The van der Waals surface area contributed by atoms with E-state index in [-0.39, 0.29) is 10.9 Å². The Hall–Kier alpha value is -1.01. The quantitative estimate of drug-likeness (QED) is 0.775. The monoisotopic (exact) mass is 271 g/mol. The first-order valence-corrected chi connectivity index (χ1v) is 6.81. The number of carbonyl (C=O) groups is 1. The second-order valence-electron chi connectivity index (χ2n) is 3.80. The van der Waals surface area contributed by atoms with Gasteiger partial charge in [-0.1, -0.05) is 26.1 Å². The number of amides is 1. The molecule has 1 rings (SSSR count). The molecule has 0 aliphatic rings. The molecule has 0 radical (unpaired) electrons. The maximum Gasteiger partial charge on any atom is 0.233 e. The number of hydrogen-bond donors (Lipinski definition) is 2. The smallest absolute Gasteiger partial charge is 0.233 e. The van der Waals surface area contributed by atoms with Gasteiger partial charge in [-0.25, -0.2) is 0 Å². The standard InChI is InChI=1S/C11H17N3OS2/c1-3-11(4-2,9(12)16)10(15)14-6-8-5-13-7-17-8/h5,7H,3-4,6H2,1-2H3,(H2,12,16)(H,14,15). The molecule has 1 amide bonds. The van der Waals surface area contributed by atoms with Crippen molar-refractivity contribution in [2.75, 3.05) is 0 Å². The molecule has 0 spiro atoms. The molecule has 1 aromatic heterocycles. The highest BCUT2D eigenvalue weighted by atomic mass is 32.1. The van der Waals surface area contributed by atoms with Crippen LogP contribution < -0.4 is 11.1 Å². The van der Waals surface area contributed by atoms with Gasteiger partial charge in [-0.3, -0.25) is 9.78 Å². The number of thiazole rings is 1. The summed E-state index contributed by atoms with van der Waals surface area (Å²) in [7, 11) is 0. The van der Waals surface area contributed by atoms with Gasteiger partial charge in [0, 0.05) is 11.1 Å². The van der Waals surface area contributed by atoms with E-state index >= 15 is 0 Å². The highest BCUT2D eigenvalue weighted by molar-refractivity contribution is 7.80. The van der Waals surface area contributed by atoms with Gasteiger partial charge in [0.05, 0.1) is 22.5 Å². The van der Waals surface area contributed by atoms with Gasteiger partial charge < -0.3 is 11.1 Å². The Kier molecular flexibility index (Phi) is 5.02. The Morgan fingerprint density at radius 2 is 2.24 bits per heavy atom. The van der Waals surface area contributed by atoms with Crippen LogP contribution in [0.25, 0.3) is 0 Å². The minimum atomic E-state index is -0.722. The molecule has 0 aliphatic heterocycles. The number of hydrogen-bond acceptors (Lipinski definition) is 4. The largest absolute Gasteiger partial charge is 0.392 e. The zero-order valence-electron chi connectivity index (χ0n) is 10.0. The second-order valence-corrected chi connectivity index (χ2v) is 5.21. The first-order valence-electron chi connectivity index (χ1n) is 5.52. The lowest BCUT2D eigenvalue weighted by atomic mass is 9.81. The molecule has 0 fully saturated rings. The third-order valence-corrected chi connectivity index (χ3v) is 4.19. The Morgan fingerprint density at radius 1 is 1.59 bits per heavy atom. The molecule has 0 saturated carbocycles.